The summed E-state index contributed by atoms with van der Waals surface area (Å²) < 4.78 is 38.8. The van der Waals surface area contributed by atoms with Crippen LogP contribution in [0.4, 0.5) is 18.0 Å². The van der Waals surface area contributed by atoms with E-state index in [2.05, 4.69) is 21.0 Å². The lowest BCUT2D eigenvalue weighted by Gasteiger charge is -2.09. The lowest BCUT2D eigenvalue weighted by Crippen LogP contribution is -2.33. The number of nitrogens with one attached hydrogen (secondary N) is 3. The number of alkyl halides is 3. The summed E-state index contributed by atoms with van der Waals surface area (Å²) in [6.07, 6.45) is -4.36. The third kappa shape index (κ3) is 4.46. The minimum absolute atomic E-state index is 0.00422. The van der Waals surface area contributed by atoms with Gasteiger partial charge in [0.05, 0.1) is 6.54 Å². The second kappa shape index (κ2) is 6.89. The minimum Gasteiger partial charge on any atom is -0.354 e. The average Bonchev–Trinajstić information content (AvgIpc) is 2.99. The zero-order valence-electron chi connectivity index (χ0n) is 12.7. The number of aryl methyl sites for hydroxylation is 1. The van der Waals surface area contributed by atoms with Crippen LogP contribution < -0.4 is 16.0 Å². The molecule has 2 heterocycles. The summed E-state index contributed by atoms with van der Waals surface area (Å²) in [5.41, 5.74) is -0.642. The molecule has 8 nitrogen and oxygen atoms in total. The highest BCUT2D eigenvalue weighted by Crippen LogP contribution is 2.28. The van der Waals surface area contributed by atoms with E-state index in [1.54, 1.807) is 0 Å². The van der Waals surface area contributed by atoms with E-state index in [0.29, 0.717) is 5.69 Å². The predicted octanol–water partition coefficient (Wildman–Crippen LogP) is 0.315. The smallest absolute Gasteiger partial charge is 0.354 e. The fraction of sp³-hybridized carbons (Fsp3) is 0.538. The third-order valence-electron chi connectivity index (χ3n) is 3.44. The molecular weight excluding hydrogens is 331 g/mol. The zero-order chi connectivity index (χ0) is 17.9. The van der Waals surface area contributed by atoms with Crippen molar-refractivity contribution in [1.29, 1.82) is 0 Å². The Hall–Kier alpha value is -2.59. The first kappa shape index (κ1) is 17.8. The van der Waals surface area contributed by atoms with Gasteiger partial charge in [-0.1, -0.05) is 0 Å². The van der Waals surface area contributed by atoms with E-state index >= 15 is 0 Å². The molecule has 0 bridgehead atoms. The third-order valence-corrected chi connectivity index (χ3v) is 3.44. The monoisotopic (exact) mass is 347 g/mol. The number of urea groups is 1. The van der Waals surface area contributed by atoms with Crippen LogP contribution in [0.3, 0.4) is 0 Å². The van der Waals surface area contributed by atoms with Gasteiger partial charge in [0.25, 0.3) is 5.91 Å². The van der Waals surface area contributed by atoms with Crippen molar-refractivity contribution in [1.82, 2.24) is 25.7 Å². The van der Waals surface area contributed by atoms with Crippen LogP contribution in [0.1, 0.15) is 24.2 Å². The van der Waals surface area contributed by atoms with Gasteiger partial charge < -0.3 is 10.6 Å². The number of rotatable bonds is 6. The summed E-state index contributed by atoms with van der Waals surface area (Å²) in [4.78, 5) is 33.9. The fourth-order valence-corrected chi connectivity index (χ4v) is 2.20. The zero-order valence-corrected chi connectivity index (χ0v) is 12.7. The van der Waals surface area contributed by atoms with Crippen molar-refractivity contribution < 1.29 is 27.6 Å². The topological polar surface area (TPSA) is 105 Å². The summed E-state index contributed by atoms with van der Waals surface area (Å²) in [5.74, 6) is -0.857. The first-order chi connectivity index (χ1) is 11.2. The maximum absolute atomic E-state index is 12.5. The number of carbonyl (C=O) groups is 3. The Morgan fingerprint density at radius 3 is 2.67 bits per heavy atom. The SMILES string of the molecule is Cc1cc(C(F)(F)F)nn1CCNC(=O)CC[C@H]1NC(=O)NC1=O. The Bertz CT molecular complexity index is 656. The summed E-state index contributed by atoms with van der Waals surface area (Å²) >= 11 is 0. The number of hydrogen-bond acceptors (Lipinski definition) is 4. The van der Waals surface area contributed by atoms with Crippen LogP contribution in [0, 0.1) is 6.92 Å². The van der Waals surface area contributed by atoms with Crippen LogP contribution in [0.15, 0.2) is 6.07 Å². The molecule has 24 heavy (non-hydrogen) atoms. The second-order valence-electron chi connectivity index (χ2n) is 5.30. The molecule has 3 N–H and O–H groups in total. The molecule has 0 radical (unpaired) electrons. The first-order valence-corrected chi connectivity index (χ1v) is 7.16. The number of carbonyl (C=O) groups excluding carboxylic acids is 3. The van der Waals surface area contributed by atoms with E-state index in [9.17, 15) is 27.6 Å². The number of amides is 4. The standard InChI is InChI=1S/C13H16F3N5O3/c1-7-6-9(13(14,15)16)20-21(7)5-4-17-10(22)3-2-8-11(23)19-12(24)18-8/h6,8H,2-5H2,1H3,(H,17,22)(H2,18,19,23,24)/t8-/m1/s1. The van der Waals surface area contributed by atoms with Gasteiger partial charge >= 0.3 is 12.2 Å². The molecule has 0 saturated carbocycles. The summed E-state index contributed by atoms with van der Waals surface area (Å²) in [6.45, 7) is 1.68. The van der Waals surface area contributed by atoms with Crippen molar-refractivity contribution in [3.05, 3.63) is 17.5 Å². The molecule has 1 fully saturated rings. The molecule has 4 amide bonds. The van der Waals surface area contributed by atoms with Crippen molar-refractivity contribution in [3.8, 4) is 0 Å². The predicted molar refractivity (Wildman–Crippen MR) is 74.7 cm³/mol. The number of nitrogens with zero attached hydrogens (tertiary/aromatic N) is 2. The molecule has 1 saturated heterocycles. The highest BCUT2D eigenvalue weighted by atomic mass is 19.4. The maximum Gasteiger partial charge on any atom is 0.435 e. The lowest BCUT2D eigenvalue weighted by atomic mass is 10.1. The van der Waals surface area contributed by atoms with Crippen LogP contribution in [0.25, 0.3) is 0 Å². The van der Waals surface area contributed by atoms with Gasteiger partial charge in [-0.3, -0.25) is 19.6 Å². The number of aromatic nitrogens is 2. The molecule has 1 aliphatic rings. The van der Waals surface area contributed by atoms with Gasteiger partial charge in [0.1, 0.15) is 6.04 Å². The summed E-state index contributed by atoms with van der Waals surface area (Å²) in [6, 6.07) is -0.408. The average molecular weight is 347 g/mol. The highest BCUT2D eigenvalue weighted by molar-refractivity contribution is 6.04. The molecule has 1 aromatic heterocycles. The largest absolute Gasteiger partial charge is 0.435 e. The van der Waals surface area contributed by atoms with Crippen molar-refractivity contribution >= 4 is 17.8 Å². The Kier molecular flexibility index (Phi) is 5.10. The van der Waals surface area contributed by atoms with Gasteiger partial charge in [0.15, 0.2) is 5.69 Å². The van der Waals surface area contributed by atoms with Gasteiger partial charge in [-0.25, -0.2) is 4.79 Å². The van der Waals surface area contributed by atoms with Gasteiger partial charge in [-0.05, 0) is 19.4 Å². The molecule has 0 aliphatic carbocycles. The van der Waals surface area contributed by atoms with Gasteiger partial charge in [-0.2, -0.15) is 18.3 Å². The van der Waals surface area contributed by atoms with E-state index in [1.807, 2.05) is 0 Å². The van der Waals surface area contributed by atoms with Gasteiger partial charge in [-0.15, -0.1) is 0 Å². The quantitative estimate of drug-likeness (QED) is 0.644. The Balaban J connectivity index is 1.74. The maximum atomic E-state index is 12.5. The molecule has 0 unspecified atom stereocenters. The lowest BCUT2D eigenvalue weighted by molar-refractivity contribution is -0.141. The normalized spacial score (nSPS) is 17.6. The van der Waals surface area contributed by atoms with Gasteiger partial charge in [0, 0.05) is 18.7 Å². The Morgan fingerprint density at radius 2 is 2.12 bits per heavy atom. The number of imide groups is 1. The molecule has 1 aromatic rings. The van der Waals surface area contributed by atoms with Crippen LogP contribution in [0.2, 0.25) is 0 Å². The van der Waals surface area contributed by atoms with Gasteiger partial charge in [0.2, 0.25) is 5.91 Å². The van der Waals surface area contributed by atoms with E-state index in [1.165, 1.54) is 6.92 Å². The molecule has 132 valence electrons. The molecule has 2 rings (SSSR count). The van der Waals surface area contributed by atoms with Crippen LogP contribution in [-0.2, 0) is 22.3 Å². The van der Waals surface area contributed by atoms with E-state index in [4.69, 9.17) is 0 Å². The number of halogens is 3. The summed E-state index contributed by atoms with van der Waals surface area (Å²) in [5, 5.41) is 10.4. The highest BCUT2D eigenvalue weighted by Gasteiger charge is 2.34. The Morgan fingerprint density at radius 1 is 1.42 bits per heavy atom. The van der Waals surface area contributed by atoms with Crippen LogP contribution in [0.5, 0.6) is 0 Å². The van der Waals surface area contributed by atoms with Crippen LogP contribution in [-0.4, -0.2) is 40.2 Å². The minimum atomic E-state index is -4.51. The molecule has 0 spiro atoms. The molecule has 11 heteroatoms. The second-order valence-corrected chi connectivity index (χ2v) is 5.30. The first-order valence-electron chi connectivity index (χ1n) is 7.16. The molecule has 0 aromatic carbocycles. The van der Waals surface area contributed by atoms with Crippen molar-refractivity contribution in [3.63, 3.8) is 0 Å². The van der Waals surface area contributed by atoms with Crippen molar-refractivity contribution in [2.24, 2.45) is 0 Å². The molecule has 1 aliphatic heterocycles. The Labute approximate surface area is 134 Å². The van der Waals surface area contributed by atoms with E-state index in [0.717, 1.165) is 10.7 Å². The summed E-state index contributed by atoms with van der Waals surface area (Å²) in [7, 11) is 0. The fourth-order valence-electron chi connectivity index (χ4n) is 2.20. The van der Waals surface area contributed by atoms with Crippen LogP contribution >= 0.6 is 0 Å². The van der Waals surface area contributed by atoms with Crippen molar-refractivity contribution in [2.45, 2.75) is 38.5 Å². The van der Waals surface area contributed by atoms with Crippen molar-refractivity contribution in [2.75, 3.05) is 6.54 Å². The van der Waals surface area contributed by atoms with E-state index < -0.39 is 29.9 Å². The molecule has 1 atom stereocenters. The molecular formula is C13H16F3N5O3. The van der Waals surface area contributed by atoms with E-state index in [-0.39, 0.29) is 31.8 Å². The number of hydrogen-bond donors (Lipinski definition) is 3.